The van der Waals surface area contributed by atoms with Gasteiger partial charge in [0.2, 0.25) is 0 Å². The lowest BCUT2D eigenvalue weighted by Crippen LogP contribution is -2.09. The maximum absolute atomic E-state index is 10.6. The van der Waals surface area contributed by atoms with Crippen LogP contribution in [0.3, 0.4) is 0 Å². The molecule has 0 spiro atoms. The molecule has 0 aliphatic heterocycles. The number of rotatable bonds is 5. The predicted molar refractivity (Wildman–Crippen MR) is 200 cm³/mol. The van der Waals surface area contributed by atoms with E-state index in [1.54, 1.807) is 6.07 Å². The highest BCUT2D eigenvalue weighted by molar-refractivity contribution is 6.12. The summed E-state index contributed by atoms with van der Waals surface area (Å²) < 4.78 is 6.30. The second-order valence-corrected chi connectivity index (χ2v) is 12.2. The number of phenols is 1. The van der Waals surface area contributed by atoms with Crippen LogP contribution in [-0.2, 0) is 0 Å². The summed E-state index contributed by atoms with van der Waals surface area (Å²) in [4.78, 5) is 2.27. The monoisotopic (exact) mass is 618 g/mol. The van der Waals surface area contributed by atoms with Gasteiger partial charge in [-0.15, -0.1) is 0 Å². The number of para-hydroxylation sites is 1. The fourth-order valence-corrected chi connectivity index (χ4v) is 6.85. The molecule has 0 fully saturated rings. The molecule has 0 saturated carbocycles. The van der Waals surface area contributed by atoms with Gasteiger partial charge >= 0.3 is 0 Å². The quantitative estimate of drug-likeness (QED) is 0.114. The largest absolute Gasteiger partial charge is 0.505 e. The predicted octanol–water partition coefficient (Wildman–Crippen LogP) is 12.0. The molecular weight excluding hydrogens is 588 g/mol. The molecule has 9 rings (SSSR count). The van der Waals surface area contributed by atoms with E-state index >= 15 is 0 Å². The number of phenolic OH excluding ortho intramolecular Hbond substituents is 1. The normalized spacial score (nSPS) is 11.5. The van der Waals surface area contributed by atoms with Gasteiger partial charge in [0.1, 0.15) is 16.9 Å². The summed E-state index contributed by atoms with van der Waals surface area (Å²) in [5, 5.41) is 16.7. The van der Waals surface area contributed by atoms with E-state index < -0.39 is 0 Å². The van der Waals surface area contributed by atoms with Crippen LogP contribution in [0.5, 0.6) is 5.75 Å². The van der Waals surface area contributed by atoms with E-state index in [0.717, 1.165) is 71.7 Å². The first-order valence-electron chi connectivity index (χ1n) is 16.0. The van der Waals surface area contributed by atoms with E-state index in [0.29, 0.717) is 5.69 Å². The molecule has 4 nitrogen and oxygen atoms in total. The molecule has 0 aliphatic carbocycles. The maximum Gasteiger partial charge on any atom is 0.146 e. The molecule has 1 aromatic heterocycles. The van der Waals surface area contributed by atoms with Crippen molar-refractivity contribution in [1.29, 1.82) is 0 Å². The van der Waals surface area contributed by atoms with Crippen LogP contribution in [0, 0.1) is 0 Å². The van der Waals surface area contributed by atoms with Crippen molar-refractivity contribution in [3.8, 4) is 28.0 Å². The van der Waals surface area contributed by atoms with Gasteiger partial charge in [0.05, 0.1) is 5.69 Å². The minimum absolute atomic E-state index is 0.127. The van der Waals surface area contributed by atoms with Crippen LogP contribution in [0.1, 0.15) is 0 Å². The first kappa shape index (κ1) is 27.8. The summed E-state index contributed by atoms with van der Waals surface area (Å²) in [5.41, 5.74) is 15.8. The van der Waals surface area contributed by atoms with Crippen LogP contribution in [0.15, 0.2) is 168 Å². The summed E-state index contributed by atoms with van der Waals surface area (Å²) in [6.07, 6.45) is 0. The topological polar surface area (TPSA) is 62.6 Å². The highest BCUT2D eigenvalue weighted by atomic mass is 16.3. The van der Waals surface area contributed by atoms with Crippen LogP contribution in [-0.4, -0.2) is 5.11 Å². The molecule has 3 N–H and O–H groups in total. The van der Waals surface area contributed by atoms with Gasteiger partial charge in [-0.3, -0.25) is 0 Å². The third kappa shape index (κ3) is 4.62. The molecule has 0 bridgehead atoms. The van der Waals surface area contributed by atoms with Crippen molar-refractivity contribution in [3.05, 3.63) is 164 Å². The van der Waals surface area contributed by atoms with Crippen molar-refractivity contribution in [2.24, 2.45) is 0 Å². The molecular formula is C44H30N2O2. The van der Waals surface area contributed by atoms with Crippen LogP contribution in [0.4, 0.5) is 22.7 Å². The Kier molecular flexibility index (Phi) is 6.41. The Balaban J connectivity index is 1.14. The summed E-state index contributed by atoms with van der Waals surface area (Å²) in [6, 6.07) is 56.6. The summed E-state index contributed by atoms with van der Waals surface area (Å²) in [6.45, 7) is 0. The van der Waals surface area contributed by atoms with Gasteiger partial charge in [-0.2, -0.15) is 0 Å². The minimum atomic E-state index is 0.127. The molecule has 228 valence electrons. The van der Waals surface area contributed by atoms with E-state index in [4.69, 9.17) is 10.2 Å². The van der Waals surface area contributed by atoms with Crippen molar-refractivity contribution in [2.75, 3.05) is 10.6 Å². The third-order valence-electron chi connectivity index (χ3n) is 9.33. The van der Waals surface area contributed by atoms with Crippen molar-refractivity contribution >= 4 is 66.2 Å². The molecule has 48 heavy (non-hydrogen) atoms. The lowest BCUT2D eigenvalue weighted by atomic mass is 9.96. The van der Waals surface area contributed by atoms with Gasteiger partial charge in [0.25, 0.3) is 0 Å². The number of nitrogens with two attached hydrogens (primary N) is 1. The van der Waals surface area contributed by atoms with Crippen molar-refractivity contribution < 1.29 is 9.52 Å². The highest BCUT2D eigenvalue weighted by Crippen LogP contribution is 2.41. The molecule has 0 aliphatic rings. The number of hydrogen-bond acceptors (Lipinski definition) is 4. The fourth-order valence-electron chi connectivity index (χ4n) is 6.85. The number of nitrogens with zero attached hydrogens (tertiary/aromatic N) is 1. The van der Waals surface area contributed by atoms with E-state index in [1.807, 2.05) is 42.5 Å². The Labute approximate surface area is 277 Å². The molecule has 8 aromatic carbocycles. The third-order valence-corrected chi connectivity index (χ3v) is 9.33. The average Bonchev–Trinajstić information content (AvgIpc) is 3.52. The van der Waals surface area contributed by atoms with Gasteiger partial charge in [0, 0.05) is 39.3 Å². The van der Waals surface area contributed by atoms with Crippen LogP contribution >= 0.6 is 0 Å². The van der Waals surface area contributed by atoms with Gasteiger partial charge in [-0.25, -0.2) is 0 Å². The van der Waals surface area contributed by atoms with Gasteiger partial charge in [-0.05, 0) is 99.1 Å². The van der Waals surface area contributed by atoms with Gasteiger partial charge in [-0.1, -0.05) is 97.1 Å². The number of benzene rings is 8. The van der Waals surface area contributed by atoms with E-state index in [2.05, 4.69) is 120 Å². The first-order valence-corrected chi connectivity index (χ1v) is 16.0. The number of nitrogen functional groups attached to an aromatic ring is 1. The number of fused-ring (bicyclic) bond motifs is 6. The van der Waals surface area contributed by atoms with Gasteiger partial charge < -0.3 is 20.2 Å². The number of furan rings is 1. The molecule has 0 unspecified atom stereocenters. The smallest absolute Gasteiger partial charge is 0.146 e. The van der Waals surface area contributed by atoms with Crippen molar-refractivity contribution in [1.82, 2.24) is 0 Å². The van der Waals surface area contributed by atoms with E-state index in [1.165, 1.54) is 11.1 Å². The Morgan fingerprint density at radius 2 is 0.979 bits per heavy atom. The molecule has 9 aromatic rings. The highest BCUT2D eigenvalue weighted by Gasteiger charge is 2.16. The van der Waals surface area contributed by atoms with E-state index in [9.17, 15) is 5.11 Å². The standard InChI is InChI=1S/C44H30N2O2/c45-41-25-24-36-39(44(41)47)22-16-31-10-11-32(26-40(31)36)30-14-19-34(20-15-30)46(33-17-12-29(13-18-33)28-6-2-1-3-7-28)35-21-23-38-37-8-4-5-9-42(37)48-43(38)27-35/h1-27,47H,45H2. The number of anilines is 4. The Morgan fingerprint density at radius 1 is 0.417 bits per heavy atom. The molecule has 0 radical (unpaired) electrons. The molecule has 1 heterocycles. The number of hydrogen-bond donors (Lipinski definition) is 2. The number of aromatic hydroxyl groups is 1. The van der Waals surface area contributed by atoms with Crippen LogP contribution < -0.4 is 10.6 Å². The summed E-state index contributed by atoms with van der Waals surface area (Å²) in [5.74, 6) is 0.127. The average molecular weight is 619 g/mol. The minimum Gasteiger partial charge on any atom is -0.505 e. The Bertz CT molecular complexity index is 2620. The molecule has 0 atom stereocenters. The summed E-state index contributed by atoms with van der Waals surface area (Å²) >= 11 is 0. The van der Waals surface area contributed by atoms with Crippen molar-refractivity contribution in [3.63, 3.8) is 0 Å². The maximum atomic E-state index is 10.6. The fraction of sp³-hybridized carbons (Fsp3) is 0. The zero-order chi connectivity index (χ0) is 32.2. The van der Waals surface area contributed by atoms with Crippen molar-refractivity contribution in [2.45, 2.75) is 0 Å². The lowest BCUT2D eigenvalue weighted by Gasteiger charge is -2.26. The molecule has 0 saturated heterocycles. The summed E-state index contributed by atoms with van der Waals surface area (Å²) in [7, 11) is 0. The second kappa shape index (κ2) is 11.1. The molecule has 0 amide bonds. The SMILES string of the molecule is Nc1ccc2c(ccc3ccc(-c4ccc(N(c5ccc(-c6ccccc6)cc5)c5ccc6c(c5)oc5ccccc56)cc4)cc32)c1O. The first-order chi connectivity index (χ1) is 23.6. The zero-order valence-corrected chi connectivity index (χ0v) is 26.0. The molecule has 4 heteroatoms. The van der Waals surface area contributed by atoms with Crippen LogP contribution in [0.2, 0.25) is 0 Å². The Hall–Kier alpha value is -6.52. The zero-order valence-electron chi connectivity index (χ0n) is 26.0. The second-order valence-electron chi connectivity index (χ2n) is 12.2. The van der Waals surface area contributed by atoms with E-state index in [-0.39, 0.29) is 5.75 Å². The van der Waals surface area contributed by atoms with Crippen LogP contribution in [0.25, 0.3) is 65.7 Å². The lowest BCUT2D eigenvalue weighted by molar-refractivity contribution is 0.484. The Morgan fingerprint density at radius 3 is 1.75 bits per heavy atom. The van der Waals surface area contributed by atoms with Gasteiger partial charge in [0.15, 0.2) is 0 Å².